The number of para-hydroxylation sites is 2. The van der Waals surface area contributed by atoms with Gasteiger partial charge in [-0.25, -0.2) is 0 Å². The van der Waals surface area contributed by atoms with Gasteiger partial charge >= 0.3 is 0 Å². The molecular formula is C20H15N3O3S. The zero-order valence-corrected chi connectivity index (χ0v) is 15.2. The van der Waals surface area contributed by atoms with Crippen LogP contribution in [0.4, 0.5) is 5.69 Å². The highest BCUT2D eigenvalue weighted by Crippen LogP contribution is 2.22. The first-order valence-electron chi connectivity index (χ1n) is 7.96. The van der Waals surface area contributed by atoms with Gasteiger partial charge in [-0.2, -0.15) is 5.26 Å². The van der Waals surface area contributed by atoms with E-state index in [4.69, 9.17) is 10.00 Å². The Labute approximate surface area is 158 Å². The molecular weight excluding hydrogens is 362 g/mol. The third-order valence-corrected chi connectivity index (χ3v) is 4.61. The van der Waals surface area contributed by atoms with Crippen molar-refractivity contribution in [3.05, 3.63) is 79.2 Å². The largest absolute Gasteiger partial charge is 0.495 e. The van der Waals surface area contributed by atoms with Gasteiger partial charge in [0.2, 0.25) is 0 Å². The van der Waals surface area contributed by atoms with Crippen molar-refractivity contribution in [2.45, 2.75) is 0 Å². The van der Waals surface area contributed by atoms with Gasteiger partial charge < -0.3 is 15.0 Å². The number of rotatable bonds is 4. The Bertz CT molecular complexity index is 1180. The van der Waals surface area contributed by atoms with Crippen LogP contribution in [0.3, 0.4) is 0 Å². The molecule has 0 atom stereocenters. The molecule has 0 spiro atoms. The number of carbonyl (C=O) groups excluding carboxylic acids is 1. The van der Waals surface area contributed by atoms with Crippen LogP contribution < -0.4 is 24.8 Å². The first kappa shape index (κ1) is 18.2. The van der Waals surface area contributed by atoms with Gasteiger partial charge in [-0.1, -0.05) is 24.3 Å². The summed E-state index contributed by atoms with van der Waals surface area (Å²) < 4.78 is 6.10. The second-order valence-corrected chi connectivity index (χ2v) is 6.58. The number of H-pyrrole nitrogens is 1. The van der Waals surface area contributed by atoms with Crippen LogP contribution in [0.1, 0.15) is 11.1 Å². The molecule has 3 rings (SSSR count). The molecule has 134 valence electrons. The molecule has 1 aromatic heterocycles. The van der Waals surface area contributed by atoms with Gasteiger partial charge in [-0.15, -0.1) is 11.3 Å². The molecule has 0 bridgehead atoms. The lowest BCUT2D eigenvalue weighted by Gasteiger charge is -2.07. The first-order chi connectivity index (χ1) is 13.1. The fourth-order valence-corrected chi connectivity index (χ4v) is 3.25. The smallest absolute Gasteiger partial charge is 0.266 e. The Balaban J connectivity index is 1.86. The number of hydrogen-bond acceptors (Lipinski definition) is 5. The monoisotopic (exact) mass is 377 g/mol. The minimum Gasteiger partial charge on any atom is -0.495 e. The summed E-state index contributed by atoms with van der Waals surface area (Å²) in [7, 11) is 1.52. The number of benzene rings is 2. The molecule has 0 unspecified atom stereocenters. The summed E-state index contributed by atoms with van der Waals surface area (Å²) >= 11 is 1.18. The van der Waals surface area contributed by atoms with E-state index in [1.165, 1.54) is 24.5 Å². The van der Waals surface area contributed by atoms with Crippen LogP contribution in [-0.4, -0.2) is 18.0 Å². The molecule has 27 heavy (non-hydrogen) atoms. The van der Waals surface area contributed by atoms with E-state index in [0.717, 1.165) is 5.56 Å². The molecule has 0 radical (unpaired) electrons. The first-order valence-corrected chi connectivity index (χ1v) is 8.77. The number of nitriles is 1. The van der Waals surface area contributed by atoms with Crippen molar-refractivity contribution in [2.75, 3.05) is 12.4 Å². The van der Waals surface area contributed by atoms with E-state index >= 15 is 0 Å². The van der Waals surface area contributed by atoms with E-state index in [-0.39, 0.29) is 11.5 Å². The summed E-state index contributed by atoms with van der Waals surface area (Å²) in [4.78, 5) is 27.0. The quantitative estimate of drug-likeness (QED) is 0.721. The Morgan fingerprint density at radius 1 is 1.22 bits per heavy atom. The van der Waals surface area contributed by atoms with Crippen molar-refractivity contribution in [3.63, 3.8) is 0 Å². The lowest BCUT2D eigenvalue weighted by molar-refractivity contribution is -0.110. The number of ether oxygens (including phenoxy) is 1. The van der Waals surface area contributed by atoms with Crippen LogP contribution in [0.15, 0.2) is 53.3 Å². The normalized spacial score (nSPS) is 11.9. The number of carbonyl (C=O) groups is 1. The Kier molecular flexibility index (Phi) is 5.50. The third-order valence-electron chi connectivity index (χ3n) is 3.65. The van der Waals surface area contributed by atoms with E-state index in [9.17, 15) is 9.59 Å². The number of anilines is 1. The average Bonchev–Trinajstić information content (AvgIpc) is 3.01. The van der Waals surface area contributed by atoms with Crippen LogP contribution in [0.5, 0.6) is 5.75 Å². The van der Waals surface area contributed by atoms with Crippen LogP contribution in [0.2, 0.25) is 0 Å². The number of amides is 1. The topological polar surface area (TPSA) is 95.0 Å². The highest BCUT2D eigenvalue weighted by Gasteiger charge is 2.05. The van der Waals surface area contributed by atoms with Crippen LogP contribution in [0, 0.1) is 11.3 Å². The standard InChI is InChI=1S/C20H15N3O3S/c1-26-16-5-3-2-4-15(16)22-18(24)11-19-23-20(25)17(27-19)10-13-6-8-14(12-21)9-7-13/h2-11H,1H3,(H,22,24)(H,23,25)/b17-10+,19-11+. The summed E-state index contributed by atoms with van der Waals surface area (Å²) in [6.45, 7) is 0. The SMILES string of the molecule is COc1ccccc1NC(=O)/C=c1\[nH]c(=O)/c(=C\c2ccc(C#N)cc2)s1. The lowest BCUT2D eigenvalue weighted by Crippen LogP contribution is -2.20. The molecule has 0 aliphatic rings. The van der Waals surface area contributed by atoms with Gasteiger partial charge in [0.15, 0.2) is 0 Å². The number of aromatic nitrogens is 1. The second kappa shape index (κ2) is 8.17. The number of methoxy groups -OCH3 is 1. The Morgan fingerprint density at radius 3 is 2.67 bits per heavy atom. The maximum atomic E-state index is 12.2. The molecule has 6 nitrogen and oxygen atoms in total. The third kappa shape index (κ3) is 4.51. The zero-order valence-electron chi connectivity index (χ0n) is 14.4. The molecule has 3 aromatic rings. The minimum absolute atomic E-state index is 0.277. The molecule has 0 fully saturated rings. The zero-order chi connectivity index (χ0) is 19.2. The summed E-state index contributed by atoms with van der Waals surface area (Å²) in [5.74, 6) is 0.177. The highest BCUT2D eigenvalue weighted by atomic mass is 32.1. The highest BCUT2D eigenvalue weighted by molar-refractivity contribution is 7.07. The maximum Gasteiger partial charge on any atom is 0.266 e. The van der Waals surface area contributed by atoms with Crippen molar-refractivity contribution < 1.29 is 9.53 Å². The molecule has 2 N–H and O–H groups in total. The predicted octanol–water partition coefficient (Wildman–Crippen LogP) is 1.56. The van der Waals surface area contributed by atoms with Gasteiger partial charge in [0.05, 0.1) is 29.0 Å². The lowest BCUT2D eigenvalue weighted by atomic mass is 10.1. The summed E-state index contributed by atoms with van der Waals surface area (Å²) in [6, 6.07) is 16.0. The van der Waals surface area contributed by atoms with Gasteiger partial charge in [-0.3, -0.25) is 9.59 Å². The molecule has 1 amide bonds. The Morgan fingerprint density at radius 2 is 1.96 bits per heavy atom. The van der Waals surface area contributed by atoms with E-state index in [1.54, 1.807) is 54.6 Å². The number of hydrogen-bond donors (Lipinski definition) is 2. The van der Waals surface area contributed by atoms with Crippen molar-refractivity contribution >= 4 is 35.1 Å². The van der Waals surface area contributed by atoms with Crippen molar-refractivity contribution in [1.29, 1.82) is 5.26 Å². The van der Waals surface area contributed by atoms with E-state index < -0.39 is 0 Å². The van der Waals surface area contributed by atoms with Crippen LogP contribution in [0.25, 0.3) is 12.2 Å². The number of nitrogens with zero attached hydrogens (tertiary/aromatic N) is 1. The van der Waals surface area contributed by atoms with Gasteiger partial charge in [0.25, 0.3) is 11.5 Å². The Hall–Kier alpha value is -3.63. The van der Waals surface area contributed by atoms with Crippen molar-refractivity contribution in [3.8, 4) is 11.8 Å². The van der Waals surface area contributed by atoms with Gasteiger partial charge in [0, 0.05) is 6.08 Å². The predicted molar refractivity (Wildman–Crippen MR) is 105 cm³/mol. The minimum atomic E-state index is -0.373. The van der Waals surface area contributed by atoms with Crippen LogP contribution >= 0.6 is 11.3 Å². The van der Waals surface area contributed by atoms with E-state index in [0.29, 0.717) is 26.2 Å². The van der Waals surface area contributed by atoms with E-state index in [2.05, 4.69) is 10.3 Å². The number of nitrogens with one attached hydrogen (secondary N) is 2. The summed E-state index contributed by atoms with van der Waals surface area (Å²) in [5.41, 5.74) is 1.62. The second-order valence-electron chi connectivity index (χ2n) is 5.50. The molecule has 0 saturated carbocycles. The fourth-order valence-electron chi connectivity index (χ4n) is 2.37. The molecule has 0 saturated heterocycles. The van der Waals surface area contributed by atoms with Crippen molar-refractivity contribution in [2.24, 2.45) is 0 Å². The molecule has 7 heteroatoms. The maximum absolute atomic E-state index is 12.2. The molecule has 0 aliphatic carbocycles. The number of thiazole rings is 1. The fraction of sp³-hybridized carbons (Fsp3) is 0.0500. The molecule has 1 heterocycles. The number of aromatic amines is 1. The van der Waals surface area contributed by atoms with Gasteiger partial charge in [-0.05, 0) is 35.9 Å². The average molecular weight is 377 g/mol. The van der Waals surface area contributed by atoms with E-state index in [1.807, 2.05) is 6.07 Å². The summed E-state index contributed by atoms with van der Waals surface area (Å²) in [5, 5.41) is 11.6. The van der Waals surface area contributed by atoms with Gasteiger partial charge in [0.1, 0.15) is 10.4 Å². The van der Waals surface area contributed by atoms with Crippen LogP contribution in [-0.2, 0) is 4.79 Å². The molecule has 0 aliphatic heterocycles. The summed E-state index contributed by atoms with van der Waals surface area (Å²) in [6.07, 6.45) is 3.04. The van der Waals surface area contributed by atoms with Crippen molar-refractivity contribution in [1.82, 2.24) is 4.98 Å². The molecule has 2 aromatic carbocycles.